The van der Waals surface area contributed by atoms with Crippen LogP contribution < -0.4 is 0 Å². The summed E-state index contributed by atoms with van der Waals surface area (Å²) in [4.78, 5) is 0.228. The van der Waals surface area contributed by atoms with Crippen LogP contribution in [0.15, 0.2) is 57.7 Å². The number of sulfonamides is 1. The van der Waals surface area contributed by atoms with Crippen molar-refractivity contribution in [1.82, 2.24) is 14.1 Å². The molecule has 2 aromatic rings. The number of halogens is 2. The summed E-state index contributed by atoms with van der Waals surface area (Å²) in [5, 5.41) is 12.0. The van der Waals surface area contributed by atoms with Crippen LogP contribution in [-0.2, 0) is 16.6 Å². The number of benzene rings is 1. The molecule has 1 heterocycles. The molecule has 1 aliphatic carbocycles. The van der Waals surface area contributed by atoms with Gasteiger partial charge in [-0.3, -0.25) is 4.68 Å². The Kier molecular flexibility index (Phi) is 8.77. The summed E-state index contributed by atoms with van der Waals surface area (Å²) in [7, 11) is -2.31. The zero-order chi connectivity index (χ0) is 28.5. The van der Waals surface area contributed by atoms with Crippen molar-refractivity contribution in [1.29, 1.82) is 0 Å². The van der Waals surface area contributed by atoms with Gasteiger partial charge in [0.05, 0.1) is 23.2 Å². The molecule has 2 unspecified atom stereocenters. The van der Waals surface area contributed by atoms with Crippen LogP contribution in [0.3, 0.4) is 0 Å². The molecule has 0 aliphatic heterocycles. The molecule has 2 atom stereocenters. The fraction of sp³-hybridized carbons (Fsp3) is 0.536. The van der Waals surface area contributed by atoms with Crippen molar-refractivity contribution in [2.45, 2.75) is 65.8 Å². The van der Waals surface area contributed by atoms with Crippen LogP contribution in [-0.4, -0.2) is 42.6 Å². The molecule has 1 aliphatic rings. The lowest BCUT2D eigenvalue weighted by Crippen LogP contribution is -2.46. The van der Waals surface area contributed by atoms with Gasteiger partial charge in [-0.2, -0.15) is 19.6 Å². The average molecular weight is 548 g/mol. The van der Waals surface area contributed by atoms with Crippen LogP contribution in [0.5, 0.6) is 0 Å². The van der Waals surface area contributed by atoms with Gasteiger partial charge in [0.25, 0.3) is 0 Å². The third-order valence-corrected chi connectivity index (χ3v) is 10.5. The molecular weight excluding hydrogens is 508 g/mol. The highest BCUT2D eigenvalue weighted by Gasteiger charge is 2.53. The van der Waals surface area contributed by atoms with E-state index in [9.17, 15) is 17.2 Å². The number of rotatable bonds is 10. The number of allylic oxidation sites excluding steroid dienone is 2. The highest BCUT2D eigenvalue weighted by molar-refractivity contribution is 7.89. The molecule has 0 amide bonds. The molecule has 0 saturated heterocycles. The summed E-state index contributed by atoms with van der Waals surface area (Å²) in [6, 6.07) is 3.67. The van der Waals surface area contributed by atoms with Gasteiger partial charge in [0.2, 0.25) is 10.0 Å². The first-order valence-electron chi connectivity index (χ1n) is 12.9. The average Bonchev–Trinajstić information content (AvgIpc) is 3.33. The van der Waals surface area contributed by atoms with Gasteiger partial charge in [-0.1, -0.05) is 40.3 Å². The fourth-order valence-electron chi connectivity index (χ4n) is 5.67. The summed E-state index contributed by atoms with van der Waals surface area (Å²) in [6.07, 6.45) is 4.54. The number of azo groups is 1. The molecule has 38 heavy (non-hydrogen) atoms. The van der Waals surface area contributed by atoms with Gasteiger partial charge < -0.3 is 0 Å². The van der Waals surface area contributed by atoms with Crippen molar-refractivity contribution >= 4 is 15.7 Å². The van der Waals surface area contributed by atoms with Crippen molar-refractivity contribution < 1.29 is 17.2 Å². The number of hydrogen-bond donors (Lipinski definition) is 0. The Hall–Kier alpha value is -2.72. The normalized spacial score (nSPS) is 22.1. The Morgan fingerprint density at radius 1 is 1.26 bits per heavy atom. The Balaban J connectivity index is 1.93. The van der Waals surface area contributed by atoms with Gasteiger partial charge in [0, 0.05) is 26.7 Å². The Labute approximate surface area is 225 Å². The first-order valence-corrected chi connectivity index (χ1v) is 14.4. The van der Waals surface area contributed by atoms with E-state index in [0.29, 0.717) is 30.9 Å². The molecule has 1 saturated carbocycles. The van der Waals surface area contributed by atoms with Crippen molar-refractivity contribution in [3.63, 3.8) is 0 Å². The predicted molar refractivity (Wildman–Crippen MR) is 146 cm³/mol. The van der Waals surface area contributed by atoms with E-state index in [4.69, 9.17) is 0 Å². The van der Waals surface area contributed by atoms with E-state index in [1.165, 1.54) is 35.7 Å². The molecule has 0 radical (unpaired) electrons. The molecule has 0 spiro atoms. The zero-order valence-electron chi connectivity index (χ0n) is 23.4. The number of aryl methyl sites for hydroxylation is 1. The molecule has 1 aromatic carbocycles. The largest absolute Gasteiger partial charge is 0.269 e. The van der Waals surface area contributed by atoms with E-state index in [-0.39, 0.29) is 32.9 Å². The quantitative estimate of drug-likeness (QED) is 0.248. The predicted octanol–water partition coefficient (Wildman–Crippen LogP) is 6.62. The topological polar surface area (TPSA) is 79.9 Å². The third kappa shape index (κ3) is 5.25. The standard InChI is InChI=1S/C28H39F2N5O2S/c1-9-34(38(36,37)25-17-32-35(10-2)20(25)4)18-28(7)15-14-21(27(28,5)6)19(3)16-24(33-31-8)26-22(29)12-11-13-23(26)30/h11-13,16-17,21H,3,9-10,14-15,18H2,1-2,4-8H3/b24-16-,33-31?. The molecule has 208 valence electrons. The molecule has 7 nitrogen and oxygen atoms in total. The van der Waals surface area contributed by atoms with Gasteiger partial charge in [-0.15, -0.1) is 0 Å². The minimum absolute atomic E-state index is 0.0598. The summed E-state index contributed by atoms with van der Waals surface area (Å²) in [5.74, 6) is -1.51. The number of hydrogen-bond acceptors (Lipinski definition) is 5. The van der Waals surface area contributed by atoms with Gasteiger partial charge in [-0.05, 0) is 67.2 Å². The first kappa shape index (κ1) is 29.8. The fourth-order valence-corrected chi connectivity index (χ4v) is 7.40. The van der Waals surface area contributed by atoms with Crippen LogP contribution in [0.4, 0.5) is 8.78 Å². The Morgan fingerprint density at radius 3 is 2.42 bits per heavy atom. The summed E-state index contributed by atoms with van der Waals surface area (Å²) < 4.78 is 59.6. The smallest absolute Gasteiger partial charge is 0.246 e. The van der Waals surface area contributed by atoms with Crippen molar-refractivity contribution in [2.24, 2.45) is 27.0 Å². The third-order valence-electron chi connectivity index (χ3n) is 8.46. The molecule has 3 rings (SSSR count). The van der Waals surface area contributed by atoms with Crippen molar-refractivity contribution in [3.05, 3.63) is 65.5 Å². The molecule has 1 aromatic heterocycles. The van der Waals surface area contributed by atoms with Gasteiger partial charge in [0.15, 0.2) is 0 Å². The van der Waals surface area contributed by atoms with E-state index in [1.54, 1.807) is 17.7 Å². The summed E-state index contributed by atoms with van der Waals surface area (Å²) >= 11 is 0. The maximum absolute atomic E-state index is 14.5. The zero-order valence-corrected chi connectivity index (χ0v) is 24.2. The Morgan fingerprint density at radius 2 is 1.89 bits per heavy atom. The molecule has 10 heteroatoms. The van der Waals surface area contributed by atoms with Crippen LogP contribution in [0.2, 0.25) is 0 Å². The Bertz CT molecular complexity index is 1340. The maximum atomic E-state index is 14.5. The maximum Gasteiger partial charge on any atom is 0.246 e. The van der Waals surface area contributed by atoms with Crippen molar-refractivity contribution in [3.8, 4) is 0 Å². The molecule has 1 fully saturated rings. The second-order valence-electron chi connectivity index (χ2n) is 10.7. The van der Waals surface area contributed by atoms with Gasteiger partial charge in [-0.25, -0.2) is 17.2 Å². The number of nitrogens with zero attached hydrogens (tertiary/aromatic N) is 5. The summed E-state index contributed by atoms with van der Waals surface area (Å²) in [6.45, 7) is 17.3. The van der Waals surface area contributed by atoms with Crippen LogP contribution in [0, 0.1) is 35.3 Å². The van der Waals surface area contributed by atoms with Crippen LogP contribution >= 0.6 is 0 Å². The summed E-state index contributed by atoms with van der Waals surface area (Å²) in [5.41, 5.74) is 0.352. The van der Waals surface area contributed by atoms with Crippen molar-refractivity contribution in [2.75, 3.05) is 20.1 Å². The second-order valence-corrected chi connectivity index (χ2v) is 12.6. The van der Waals surface area contributed by atoms with E-state index >= 15 is 0 Å². The minimum atomic E-state index is -3.75. The van der Waals surface area contributed by atoms with E-state index in [0.717, 1.165) is 12.8 Å². The lowest BCUT2D eigenvalue weighted by molar-refractivity contribution is 0.0803. The molecule has 0 N–H and O–H groups in total. The van der Waals surface area contributed by atoms with Gasteiger partial charge >= 0.3 is 0 Å². The highest BCUT2D eigenvalue weighted by Crippen LogP contribution is 2.58. The van der Waals surface area contributed by atoms with Gasteiger partial charge in [0.1, 0.15) is 16.5 Å². The van der Waals surface area contributed by atoms with Crippen LogP contribution in [0.1, 0.15) is 58.7 Å². The first-order chi connectivity index (χ1) is 17.7. The molecule has 0 bridgehead atoms. The van der Waals surface area contributed by atoms with E-state index in [1.807, 2.05) is 13.8 Å². The molecular formula is C28H39F2N5O2S. The minimum Gasteiger partial charge on any atom is -0.269 e. The SMILES string of the molecule is C=C(/C=C(\N=NC)c1c(F)cccc1F)C1CCC(C)(CN(CC)S(=O)(=O)c2cnn(CC)c2C)C1(C)C. The monoisotopic (exact) mass is 547 g/mol. The van der Waals surface area contributed by atoms with Crippen LogP contribution in [0.25, 0.3) is 5.70 Å². The van der Waals surface area contributed by atoms with E-state index < -0.39 is 21.7 Å². The lowest BCUT2D eigenvalue weighted by atomic mass is 9.64. The second kappa shape index (κ2) is 11.2. The lowest BCUT2D eigenvalue weighted by Gasteiger charge is -2.44. The highest BCUT2D eigenvalue weighted by atomic mass is 32.2. The van der Waals surface area contributed by atoms with E-state index in [2.05, 4.69) is 42.7 Å². The number of aromatic nitrogens is 2.